The standard InChI is InChI=1S/C13H24N6O/c1-10(9-20)5-4-6-15-12-16-11(14)17-13(18-12)19-7-2-3-8-19/h10,20H,2-9H2,1H3,(H3,14,15,16,17,18). The molecule has 0 bridgehead atoms. The molecule has 1 aromatic rings. The van der Waals surface area contributed by atoms with Gasteiger partial charge in [0.25, 0.3) is 0 Å². The molecule has 2 rings (SSSR count). The zero-order chi connectivity index (χ0) is 14.4. The Kier molecular flexibility index (Phi) is 5.34. The summed E-state index contributed by atoms with van der Waals surface area (Å²) in [5, 5.41) is 12.1. The smallest absolute Gasteiger partial charge is 0.231 e. The molecule has 7 heteroatoms. The van der Waals surface area contributed by atoms with E-state index in [4.69, 9.17) is 10.8 Å². The van der Waals surface area contributed by atoms with Crippen molar-refractivity contribution < 1.29 is 5.11 Å². The van der Waals surface area contributed by atoms with E-state index in [2.05, 4.69) is 25.2 Å². The van der Waals surface area contributed by atoms with Crippen LogP contribution in [0.5, 0.6) is 0 Å². The van der Waals surface area contributed by atoms with Crippen molar-refractivity contribution in [2.75, 3.05) is 42.2 Å². The van der Waals surface area contributed by atoms with E-state index in [0.29, 0.717) is 17.8 Å². The monoisotopic (exact) mass is 280 g/mol. The summed E-state index contributed by atoms with van der Waals surface area (Å²) < 4.78 is 0. The number of nitrogen functional groups attached to an aromatic ring is 1. The second kappa shape index (κ2) is 7.23. The van der Waals surface area contributed by atoms with Gasteiger partial charge in [-0.05, 0) is 31.6 Å². The van der Waals surface area contributed by atoms with Gasteiger partial charge in [-0.2, -0.15) is 15.0 Å². The quantitative estimate of drug-likeness (QED) is 0.637. The summed E-state index contributed by atoms with van der Waals surface area (Å²) in [6.07, 6.45) is 4.29. The van der Waals surface area contributed by atoms with Crippen molar-refractivity contribution in [1.29, 1.82) is 0 Å². The average molecular weight is 280 g/mol. The zero-order valence-electron chi connectivity index (χ0n) is 12.0. The van der Waals surface area contributed by atoms with E-state index in [9.17, 15) is 0 Å². The van der Waals surface area contributed by atoms with Gasteiger partial charge < -0.3 is 21.1 Å². The molecule has 0 aliphatic carbocycles. The molecule has 2 heterocycles. The Morgan fingerprint density at radius 1 is 1.30 bits per heavy atom. The molecule has 7 nitrogen and oxygen atoms in total. The number of hydrogen-bond donors (Lipinski definition) is 3. The minimum absolute atomic E-state index is 0.234. The molecule has 112 valence electrons. The lowest BCUT2D eigenvalue weighted by Crippen LogP contribution is -2.22. The topological polar surface area (TPSA) is 100 Å². The lowest BCUT2D eigenvalue weighted by atomic mass is 10.1. The van der Waals surface area contributed by atoms with Gasteiger partial charge >= 0.3 is 0 Å². The summed E-state index contributed by atoms with van der Waals surface area (Å²) in [4.78, 5) is 14.9. The van der Waals surface area contributed by atoms with E-state index in [0.717, 1.165) is 32.5 Å². The first-order valence-corrected chi connectivity index (χ1v) is 7.30. The van der Waals surface area contributed by atoms with Crippen LogP contribution in [0.2, 0.25) is 0 Å². The van der Waals surface area contributed by atoms with Gasteiger partial charge in [-0.15, -0.1) is 0 Å². The van der Waals surface area contributed by atoms with Crippen LogP contribution in [0.3, 0.4) is 0 Å². The highest BCUT2D eigenvalue weighted by Crippen LogP contribution is 2.17. The van der Waals surface area contributed by atoms with Crippen LogP contribution in [-0.2, 0) is 0 Å². The SMILES string of the molecule is CC(CO)CCCNc1nc(N)nc(N2CCCC2)n1. The van der Waals surface area contributed by atoms with E-state index in [1.165, 1.54) is 12.8 Å². The third-order valence-corrected chi connectivity index (χ3v) is 3.50. The molecule has 1 aliphatic heterocycles. The van der Waals surface area contributed by atoms with Crippen molar-refractivity contribution in [2.24, 2.45) is 5.92 Å². The van der Waals surface area contributed by atoms with Crippen LogP contribution >= 0.6 is 0 Å². The van der Waals surface area contributed by atoms with Crippen molar-refractivity contribution >= 4 is 17.8 Å². The Bertz CT molecular complexity index is 421. The summed E-state index contributed by atoms with van der Waals surface area (Å²) in [5.41, 5.74) is 5.74. The van der Waals surface area contributed by atoms with Crippen LogP contribution in [-0.4, -0.2) is 46.3 Å². The fourth-order valence-electron chi connectivity index (χ4n) is 2.26. The number of nitrogens with one attached hydrogen (secondary N) is 1. The molecule has 0 amide bonds. The maximum absolute atomic E-state index is 8.97. The Hall–Kier alpha value is -1.63. The molecule has 1 aliphatic rings. The first kappa shape index (κ1) is 14.8. The van der Waals surface area contributed by atoms with Gasteiger partial charge in [-0.3, -0.25) is 0 Å². The summed E-state index contributed by atoms with van der Waals surface area (Å²) in [5.74, 6) is 1.80. The minimum atomic E-state index is 0.234. The van der Waals surface area contributed by atoms with Crippen LogP contribution < -0.4 is 16.0 Å². The third kappa shape index (κ3) is 4.19. The molecule has 1 fully saturated rings. The van der Waals surface area contributed by atoms with Gasteiger partial charge in [-0.25, -0.2) is 0 Å². The Morgan fingerprint density at radius 2 is 2.05 bits per heavy atom. The molecule has 1 aromatic heterocycles. The number of rotatable bonds is 7. The van der Waals surface area contributed by atoms with Crippen molar-refractivity contribution in [3.8, 4) is 0 Å². The Morgan fingerprint density at radius 3 is 2.75 bits per heavy atom. The number of aliphatic hydroxyl groups is 1. The fourth-order valence-corrected chi connectivity index (χ4v) is 2.26. The maximum atomic E-state index is 8.97. The summed E-state index contributed by atoms with van der Waals surface area (Å²) in [7, 11) is 0. The van der Waals surface area contributed by atoms with Gasteiger partial charge in [0.1, 0.15) is 0 Å². The second-order valence-corrected chi connectivity index (χ2v) is 5.37. The van der Waals surface area contributed by atoms with Crippen LogP contribution in [0.1, 0.15) is 32.6 Å². The summed E-state index contributed by atoms with van der Waals surface area (Å²) >= 11 is 0. The molecule has 1 atom stereocenters. The molecular formula is C13H24N6O. The molecular weight excluding hydrogens is 256 g/mol. The number of hydrogen-bond acceptors (Lipinski definition) is 7. The maximum Gasteiger partial charge on any atom is 0.231 e. The van der Waals surface area contributed by atoms with Crippen LogP contribution in [0.25, 0.3) is 0 Å². The fraction of sp³-hybridized carbons (Fsp3) is 0.769. The van der Waals surface area contributed by atoms with Crippen molar-refractivity contribution in [3.05, 3.63) is 0 Å². The first-order chi connectivity index (χ1) is 9.69. The van der Waals surface area contributed by atoms with E-state index in [1.807, 2.05) is 6.92 Å². The Balaban J connectivity index is 1.87. The van der Waals surface area contributed by atoms with Gasteiger partial charge in [0.15, 0.2) is 0 Å². The highest BCUT2D eigenvalue weighted by Gasteiger charge is 2.16. The van der Waals surface area contributed by atoms with Crippen molar-refractivity contribution in [1.82, 2.24) is 15.0 Å². The lowest BCUT2D eigenvalue weighted by molar-refractivity contribution is 0.229. The average Bonchev–Trinajstić information content (AvgIpc) is 2.97. The molecule has 0 saturated carbocycles. The highest BCUT2D eigenvalue weighted by atomic mass is 16.3. The van der Waals surface area contributed by atoms with Gasteiger partial charge in [0, 0.05) is 26.2 Å². The predicted octanol–water partition coefficient (Wildman–Crippen LogP) is 0.874. The number of aliphatic hydroxyl groups excluding tert-OH is 1. The van der Waals surface area contributed by atoms with Gasteiger partial charge in [0.2, 0.25) is 17.8 Å². The number of nitrogens with two attached hydrogens (primary N) is 1. The summed E-state index contributed by atoms with van der Waals surface area (Å²) in [6.45, 7) is 5.01. The minimum Gasteiger partial charge on any atom is -0.396 e. The number of nitrogens with zero attached hydrogens (tertiary/aromatic N) is 4. The lowest BCUT2D eigenvalue weighted by Gasteiger charge is -2.16. The summed E-state index contributed by atoms with van der Waals surface area (Å²) in [6, 6.07) is 0. The van der Waals surface area contributed by atoms with Crippen molar-refractivity contribution in [2.45, 2.75) is 32.6 Å². The number of aromatic nitrogens is 3. The Labute approximate surface area is 119 Å². The van der Waals surface area contributed by atoms with Gasteiger partial charge in [0.05, 0.1) is 0 Å². The normalized spacial score (nSPS) is 16.4. The zero-order valence-corrected chi connectivity index (χ0v) is 12.0. The third-order valence-electron chi connectivity index (χ3n) is 3.50. The molecule has 0 spiro atoms. The molecule has 4 N–H and O–H groups in total. The largest absolute Gasteiger partial charge is 0.396 e. The number of anilines is 3. The molecule has 1 unspecified atom stereocenters. The van der Waals surface area contributed by atoms with Gasteiger partial charge in [-0.1, -0.05) is 6.92 Å². The first-order valence-electron chi connectivity index (χ1n) is 7.30. The van der Waals surface area contributed by atoms with E-state index < -0.39 is 0 Å². The van der Waals surface area contributed by atoms with Crippen LogP contribution in [0, 0.1) is 5.92 Å². The van der Waals surface area contributed by atoms with Crippen LogP contribution in [0.4, 0.5) is 17.8 Å². The molecule has 1 saturated heterocycles. The van der Waals surface area contributed by atoms with Crippen LogP contribution in [0.15, 0.2) is 0 Å². The van der Waals surface area contributed by atoms with E-state index in [1.54, 1.807) is 0 Å². The van der Waals surface area contributed by atoms with E-state index in [-0.39, 0.29) is 12.6 Å². The molecule has 0 radical (unpaired) electrons. The second-order valence-electron chi connectivity index (χ2n) is 5.37. The predicted molar refractivity (Wildman–Crippen MR) is 79.7 cm³/mol. The molecule has 0 aromatic carbocycles. The molecule has 20 heavy (non-hydrogen) atoms. The highest BCUT2D eigenvalue weighted by molar-refractivity contribution is 5.42. The van der Waals surface area contributed by atoms with Crippen molar-refractivity contribution in [3.63, 3.8) is 0 Å². The van der Waals surface area contributed by atoms with E-state index >= 15 is 0 Å².